The number of aryl methyl sites for hydroxylation is 1. The lowest BCUT2D eigenvalue weighted by Gasteiger charge is -2.18. The van der Waals surface area contributed by atoms with Crippen LogP contribution in [0.15, 0.2) is 29.1 Å². The second-order valence-corrected chi connectivity index (χ2v) is 4.83. The number of halogens is 1. The molecule has 5 nitrogen and oxygen atoms in total. The van der Waals surface area contributed by atoms with Crippen LogP contribution in [0.2, 0.25) is 0 Å². The van der Waals surface area contributed by atoms with Crippen LogP contribution in [0.5, 0.6) is 0 Å². The van der Waals surface area contributed by atoms with Gasteiger partial charge in [-0.2, -0.15) is 4.98 Å². The maximum atomic E-state index is 13.9. The van der Waals surface area contributed by atoms with Crippen LogP contribution in [0.25, 0.3) is 5.69 Å². The van der Waals surface area contributed by atoms with Crippen molar-refractivity contribution in [2.24, 2.45) is 0 Å². The van der Waals surface area contributed by atoms with Gasteiger partial charge < -0.3 is 5.11 Å². The lowest BCUT2D eigenvalue weighted by Crippen LogP contribution is -2.28. The van der Waals surface area contributed by atoms with Gasteiger partial charge in [0, 0.05) is 17.0 Å². The molecule has 2 aromatic rings. The largest absolute Gasteiger partial charge is 0.481 e. The molecule has 0 radical (unpaired) electrons. The lowest BCUT2D eigenvalue weighted by molar-refractivity contribution is -0.138. The Hall–Kier alpha value is -2.50. The molecular formula is C15H15FN2O3. The number of aromatic nitrogens is 2. The van der Waals surface area contributed by atoms with Crippen LogP contribution in [0, 0.1) is 19.7 Å². The summed E-state index contributed by atoms with van der Waals surface area (Å²) in [4.78, 5) is 27.1. The fourth-order valence-electron chi connectivity index (χ4n) is 2.45. The van der Waals surface area contributed by atoms with Crippen LogP contribution in [0.1, 0.15) is 29.8 Å². The molecule has 0 saturated heterocycles. The summed E-state index contributed by atoms with van der Waals surface area (Å²) in [6.45, 7) is 4.68. The van der Waals surface area contributed by atoms with Crippen LogP contribution < -0.4 is 5.69 Å². The van der Waals surface area contributed by atoms with E-state index in [2.05, 4.69) is 4.98 Å². The standard InChI is InChI=1S/C15H15FN2O3/c1-8(14(19)20)13-9(2)17-15(21)18(10(13)3)12-7-5-4-6-11(12)16/h4-8H,1-3H3,(H,19,20). The molecule has 0 aliphatic carbocycles. The van der Waals surface area contributed by atoms with Gasteiger partial charge in [-0.3, -0.25) is 9.36 Å². The minimum absolute atomic E-state index is 0.0614. The van der Waals surface area contributed by atoms with Crippen LogP contribution in [-0.2, 0) is 4.79 Å². The number of carboxylic acid groups (broad SMARTS) is 1. The normalized spacial score (nSPS) is 12.2. The van der Waals surface area contributed by atoms with Crippen molar-refractivity contribution < 1.29 is 14.3 Å². The third-order valence-electron chi connectivity index (χ3n) is 3.47. The summed E-state index contributed by atoms with van der Waals surface area (Å²) in [6, 6.07) is 5.81. The van der Waals surface area contributed by atoms with Gasteiger partial charge in [0.2, 0.25) is 0 Å². The molecule has 1 atom stereocenters. The van der Waals surface area contributed by atoms with Gasteiger partial charge in [-0.05, 0) is 32.9 Å². The van der Waals surface area contributed by atoms with Crippen LogP contribution in [0.3, 0.4) is 0 Å². The summed E-state index contributed by atoms with van der Waals surface area (Å²) in [5.41, 5.74) is 0.584. The van der Waals surface area contributed by atoms with Crippen molar-refractivity contribution in [3.8, 4) is 5.69 Å². The highest BCUT2D eigenvalue weighted by Crippen LogP contribution is 2.23. The summed E-state index contributed by atoms with van der Waals surface area (Å²) in [5, 5.41) is 9.18. The summed E-state index contributed by atoms with van der Waals surface area (Å²) >= 11 is 0. The van der Waals surface area contributed by atoms with Gasteiger partial charge in [-0.15, -0.1) is 0 Å². The number of carbonyl (C=O) groups is 1. The smallest absolute Gasteiger partial charge is 0.352 e. The van der Waals surface area contributed by atoms with Gasteiger partial charge in [0.15, 0.2) is 0 Å². The minimum atomic E-state index is -1.03. The molecule has 2 rings (SSSR count). The van der Waals surface area contributed by atoms with E-state index in [1.807, 2.05) is 0 Å². The number of nitrogens with zero attached hydrogens (tertiary/aromatic N) is 2. The van der Waals surface area contributed by atoms with Crippen molar-refractivity contribution in [3.63, 3.8) is 0 Å². The van der Waals surface area contributed by atoms with Crippen molar-refractivity contribution in [2.45, 2.75) is 26.7 Å². The van der Waals surface area contributed by atoms with Gasteiger partial charge in [-0.25, -0.2) is 9.18 Å². The molecule has 6 heteroatoms. The first kappa shape index (κ1) is 14.9. The summed E-state index contributed by atoms with van der Waals surface area (Å²) in [7, 11) is 0. The quantitative estimate of drug-likeness (QED) is 0.940. The first-order valence-corrected chi connectivity index (χ1v) is 6.42. The molecule has 110 valence electrons. The van der Waals surface area contributed by atoms with Crippen molar-refractivity contribution in [3.05, 3.63) is 57.5 Å². The van der Waals surface area contributed by atoms with E-state index in [1.54, 1.807) is 19.9 Å². The highest BCUT2D eigenvalue weighted by molar-refractivity contribution is 5.76. The third-order valence-corrected chi connectivity index (χ3v) is 3.47. The minimum Gasteiger partial charge on any atom is -0.481 e. The number of carboxylic acids is 1. The van der Waals surface area contributed by atoms with Crippen molar-refractivity contribution in [1.82, 2.24) is 9.55 Å². The lowest BCUT2D eigenvalue weighted by atomic mass is 9.98. The molecule has 0 saturated carbocycles. The maximum Gasteiger partial charge on any atom is 0.352 e. The van der Waals surface area contributed by atoms with Crippen LogP contribution >= 0.6 is 0 Å². The number of aliphatic carboxylic acids is 1. The Morgan fingerprint density at radius 2 is 1.95 bits per heavy atom. The molecular weight excluding hydrogens is 275 g/mol. The van der Waals surface area contributed by atoms with E-state index in [0.29, 0.717) is 17.0 Å². The Balaban J connectivity index is 2.80. The molecule has 0 aliphatic heterocycles. The van der Waals surface area contributed by atoms with Gasteiger partial charge in [0.05, 0.1) is 11.6 Å². The maximum absolute atomic E-state index is 13.9. The first-order valence-electron chi connectivity index (χ1n) is 6.42. The van der Waals surface area contributed by atoms with E-state index >= 15 is 0 Å². The Bertz CT molecular complexity index is 768. The van der Waals surface area contributed by atoms with Gasteiger partial charge in [0.1, 0.15) is 5.82 Å². The van der Waals surface area contributed by atoms with Gasteiger partial charge in [-0.1, -0.05) is 12.1 Å². The van der Waals surface area contributed by atoms with Crippen molar-refractivity contribution in [2.75, 3.05) is 0 Å². The highest BCUT2D eigenvalue weighted by Gasteiger charge is 2.23. The fourth-order valence-corrected chi connectivity index (χ4v) is 2.45. The summed E-state index contributed by atoms with van der Waals surface area (Å²) in [5.74, 6) is -2.43. The molecule has 0 aliphatic rings. The van der Waals surface area contributed by atoms with Crippen molar-refractivity contribution >= 4 is 5.97 Å². The summed E-state index contributed by atoms with van der Waals surface area (Å²) < 4.78 is 15.0. The SMILES string of the molecule is Cc1nc(=O)n(-c2ccccc2F)c(C)c1C(C)C(=O)O. The molecule has 1 aromatic carbocycles. The highest BCUT2D eigenvalue weighted by atomic mass is 19.1. The zero-order valence-corrected chi connectivity index (χ0v) is 11.9. The molecule has 0 spiro atoms. The van der Waals surface area contributed by atoms with E-state index in [0.717, 1.165) is 4.57 Å². The average molecular weight is 290 g/mol. The Morgan fingerprint density at radius 1 is 1.33 bits per heavy atom. The molecule has 1 heterocycles. The molecule has 21 heavy (non-hydrogen) atoms. The van der Waals surface area contributed by atoms with E-state index in [9.17, 15) is 19.1 Å². The van der Waals surface area contributed by atoms with E-state index in [-0.39, 0.29) is 5.69 Å². The van der Waals surface area contributed by atoms with Gasteiger partial charge >= 0.3 is 11.7 Å². The molecule has 1 unspecified atom stereocenters. The zero-order chi connectivity index (χ0) is 15.7. The van der Waals surface area contributed by atoms with Crippen LogP contribution in [0.4, 0.5) is 4.39 Å². The number of para-hydroxylation sites is 1. The number of rotatable bonds is 3. The topological polar surface area (TPSA) is 72.2 Å². The fraction of sp³-hybridized carbons (Fsp3) is 0.267. The zero-order valence-electron chi connectivity index (χ0n) is 11.9. The summed E-state index contributed by atoms with van der Waals surface area (Å²) in [6.07, 6.45) is 0. The number of hydrogen-bond donors (Lipinski definition) is 1. The van der Waals surface area contributed by atoms with E-state index < -0.39 is 23.4 Å². The predicted molar refractivity (Wildman–Crippen MR) is 75.3 cm³/mol. The number of benzene rings is 1. The second kappa shape index (κ2) is 5.47. The average Bonchev–Trinajstić information content (AvgIpc) is 2.40. The van der Waals surface area contributed by atoms with E-state index in [1.165, 1.54) is 25.1 Å². The van der Waals surface area contributed by atoms with Gasteiger partial charge in [0.25, 0.3) is 0 Å². The van der Waals surface area contributed by atoms with E-state index in [4.69, 9.17) is 0 Å². The monoisotopic (exact) mass is 290 g/mol. The third kappa shape index (κ3) is 2.56. The molecule has 0 bridgehead atoms. The molecule has 0 fully saturated rings. The Morgan fingerprint density at radius 3 is 2.52 bits per heavy atom. The molecule has 0 amide bonds. The predicted octanol–water partition coefficient (Wildman–Crippen LogP) is 2.18. The molecule has 1 aromatic heterocycles. The van der Waals surface area contributed by atoms with Crippen molar-refractivity contribution in [1.29, 1.82) is 0 Å². The molecule has 1 N–H and O–H groups in total. The van der Waals surface area contributed by atoms with Crippen LogP contribution in [-0.4, -0.2) is 20.6 Å². The Kier molecular flexibility index (Phi) is 3.88. The Labute approximate surface area is 120 Å². The second-order valence-electron chi connectivity index (χ2n) is 4.83. The first-order chi connectivity index (χ1) is 9.84. The number of hydrogen-bond acceptors (Lipinski definition) is 3.